The van der Waals surface area contributed by atoms with Crippen LogP contribution in [0.2, 0.25) is 0 Å². The maximum absolute atomic E-state index is 12.6. The zero-order valence-corrected chi connectivity index (χ0v) is 16.2. The molecule has 1 aromatic carbocycles. The van der Waals surface area contributed by atoms with Crippen molar-refractivity contribution in [3.63, 3.8) is 0 Å². The van der Waals surface area contributed by atoms with Crippen LogP contribution in [0.1, 0.15) is 45.1 Å². The molecule has 2 rings (SSSR count). The van der Waals surface area contributed by atoms with Gasteiger partial charge in [0.2, 0.25) is 5.91 Å². The van der Waals surface area contributed by atoms with Crippen molar-refractivity contribution in [1.82, 2.24) is 10.2 Å². The predicted molar refractivity (Wildman–Crippen MR) is 100 cm³/mol. The highest BCUT2D eigenvalue weighted by atomic mass is 16.5. The lowest BCUT2D eigenvalue weighted by atomic mass is 9.86. The van der Waals surface area contributed by atoms with E-state index in [0.29, 0.717) is 18.5 Å². The number of amides is 1. The minimum absolute atomic E-state index is 0.105. The van der Waals surface area contributed by atoms with Gasteiger partial charge in [0.1, 0.15) is 11.5 Å². The van der Waals surface area contributed by atoms with Gasteiger partial charge in [-0.2, -0.15) is 0 Å². The zero-order valence-electron chi connectivity index (χ0n) is 16.2. The highest BCUT2D eigenvalue weighted by Gasteiger charge is 2.26. The first kappa shape index (κ1) is 19.6. The number of rotatable bonds is 7. The first-order chi connectivity index (χ1) is 12.0. The first-order valence-electron chi connectivity index (χ1n) is 9.17. The van der Waals surface area contributed by atoms with Crippen molar-refractivity contribution in [2.45, 2.75) is 58.2 Å². The lowest BCUT2D eigenvalue weighted by molar-refractivity contribution is -0.126. The Kier molecular flexibility index (Phi) is 7.12. The standard InChI is InChI=1S/C20H32N2O3/c1-14-8-6-7-9-18(14)21-20(23)15(2)22(3)13-16-10-11-17(24-4)12-19(16)25-5/h10-12,14-15,18H,6-9,13H2,1-5H3,(H,21,23). The van der Waals surface area contributed by atoms with Crippen LogP contribution in [0, 0.1) is 5.92 Å². The second kappa shape index (κ2) is 9.09. The van der Waals surface area contributed by atoms with Crippen molar-refractivity contribution < 1.29 is 14.3 Å². The Morgan fingerprint density at radius 2 is 2.00 bits per heavy atom. The number of ether oxygens (including phenoxy) is 2. The number of nitrogens with zero attached hydrogens (tertiary/aromatic N) is 1. The summed E-state index contributed by atoms with van der Waals surface area (Å²) in [6.07, 6.45) is 4.79. The summed E-state index contributed by atoms with van der Waals surface area (Å²) in [4.78, 5) is 14.7. The minimum atomic E-state index is -0.194. The van der Waals surface area contributed by atoms with Crippen molar-refractivity contribution in [3.8, 4) is 11.5 Å². The molecule has 1 aliphatic rings. The number of nitrogens with one attached hydrogen (secondary N) is 1. The predicted octanol–water partition coefficient (Wildman–Crippen LogP) is 3.22. The van der Waals surface area contributed by atoms with Crippen molar-refractivity contribution in [3.05, 3.63) is 23.8 Å². The van der Waals surface area contributed by atoms with Crippen molar-refractivity contribution >= 4 is 5.91 Å². The Balaban J connectivity index is 1.97. The van der Waals surface area contributed by atoms with Gasteiger partial charge in [0.25, 0.3) is 0 Å². The van der Waals surface area contributed by atoms with E-state index in [2.05, 4.69) is 12.2 Å². The summed E-state index contributed by atoms with van der Waals surface area (Å²) in [5.41, 5.74) is 1.04. The number of hydrogen-bond acceptors (Lipinski definition) is 4. The summed E-state index contributed by atoms with van der Waals surface area (Å²) in [6.45, 7) is 4.83. The Hall–Kier alpha value is -1.75. The average molecular weight is 348 g/mol. The van der Waals surface area contributed by atoms with Gasteiger partial charge in [-0.1, -0.05) is 25.8 Å². The Morgan fingerprint density at radius 1 is 1.28 bits per heavy atom. The first-order valence-corrected chi connectivity index (χ1v) is 9.17. The van der Waals surface area contributed by atoms with Gasteiger partial charge in [0.15, 0.2) is 0 Å². The average Bonchev–Trinajstić information content (AvgIpc) is 2.63. The van der Waals surface area contributed by atoms with E-state index < -0.39 is 0 Å². The summed E-state index contributed by atoms with van der Waals surface area (Å²) in [7, 11) is 5.26. The summed E-state index contributed by atoms with van der Waals surface area (Å²) < 4.78 is 10.7. The highest BCUT2D eigenvalue weighted by Crippen LogP contribution is 2.26. The summed E-state index contributed by atoms with van der Waals surface area (Å²) >= 11 is 0. The molecule has 0 aliphatic heterocycles. The van der Waals surface area contributed by atoms with E-state index in [1.165, 1.54) is 19.3 Å². The Bertz CT molecular complexity index is 576. The third kappa shape index (κ3) is 5.11. The lowest BCUT2D eigenvalue weighted by Crippen LogP contribution is -2.49. The molecule has 25 heavy (non-hydrogen) atoms. The Labute approximate surface area is 151 Å². The molecule has 0 radical (unpaired) electrons. The van der Waals surface area contributed by atoms with E-state index in [-0.39, 0.29) is 11.9 Å². The topological polar surface area (TPSA) is 50.8 Å². The van der Waals surface area contributed by atoms with Crippen molar-refractivity contribution in [2.24, 2.45) is 5.92 Å². The molecule has 0 spiro atoms. The molecule has 0 saturated heterocycles. The van der Waals surface area contributed by atoms with Gasteiger partial charge in [-0.25, -0.2) is 0 Å². The number of hydrogen-bond donors (Lipinski definition) is 1. The van der Waals surface area contributed by atoms with E-state index in [1.54, 1.807) is 14.2 Å². The van der Waals surface area contributed by atoms with Crippen LogP contribution in [0.5, 0.6) is 11.5 Å². The molecule has 1 amide bonds. The molecule has 0 heterocycles. The van der Waals surface area contributed by atoms with Gasteiger partial charge < -0.3 is 14.8 Å². The van der Waals surface area contributed by atoms with Gasteiger partial charge in [0, 0.05) is 24.2 Å². The summed E-state index contributed by atoms with van der Waals surface area (Å²) in [5, 5.41) is 3.25. The number of carbonyl (C=O) groups is 1. The van der Waals surface area contributed by atoms with Crippen LogP contribution >= 0.6 is 0 Å². The second-order valence-corrected chi connectivity index (χ2v) is 7.15. The molecule has 1 aliphatic carbocycles. The zero-order chi connectivity index (χ0) is 18.4. The molecular formula is C20H32N2O3. The van der Waals surface area contributed by atoms with E-state index in [0.717, 1.165) is 23.5 Å². The summed E-state index contributed by atoms with van der Waals surface area (Å²) in [5.74, 6) is 2.21. The largest absolute Gasteiger partial charge is 0.497 e. The van der Waals surface area contributed by atoms with Crippen LogP contribution in [0.25, 0.3) is 0 Å². The maximum atomic E-state index is 12.6. The van der Waals surface area contributed by atoms with E-state index in [9.17, 15) is 4.79 Å². The van der Waals surface area contributed by atoms with Gasteiger partial charge in [0.05, 0.1) is 20.3 Å². The molecule has 5 nitrogen and oxygen atoms in total. The third-order valence-electron chi connectivity index (χ3n) is 5.39. The second-order valence-electron chi connectivity index (χ2n) is 7.15. The quantitative estimate of drug-likeness (QED) is 0.822. The van der Waals surface area contributed by atoms with Gasteiger partial charge in [-0.3, -0.25) is 9.69 Å². The maximum Gasteiger partial charge on any atom is 0.237 e. The number of likely N-dealkylation sites (N-methyl/N-ethyl adjacent to an activating group) is 1. The van der Waals surface area contributed by atoms with E-state index in [1.807, 2.05) is 37.1 Å². The minimum Gasteiger partial charge on any atom is -0.497 e. The van der Waals surface area contributed by atoms with Crippen LogP contribution in [0.3, 0.4) is 0 Å². The van der Waals surface area contributed by atoms with Gasteiger partial charge in [-0.05, 0) is 38.8 Å². The molecule has 1 N–H and O–H groups in total. The smallest absolute Gasteiger partial charge is 0.237 e. The van der Waals surface area contributed by atoms with Gasteiger partial charge in [-0.15, -0.1) is 0 Å². The van der Waals surface area contributed by atoms with Crippen LogP contribution < -0.4 is 14.8 Å². The highest BCUT2D eigenvalue weighted by molar-refractivity contribution is 5.81. The van der Waals surface area contributed by atoms with Crippen LogP contribution in [-0.2, 0) is 11.3 Å². The molecule has 5 heteroatoms. The number of benzene rings is 1. The van der Waals surface area contributed by atoms with Crippen molar-refractivity contribution in [1.29, 1.82) is 0 Å². The molecule has 1 fully saturated rings. The number of carbonyl (C=O) groups excluding carboxylic acids is 1. The fourth-order valence-corrected chi connectivity index (χ4v) is 3.42. The molecule has 3 unspecified atom stereocenters. The van der Waals surface area contributed by atoms with E-state index >= 15 is 0 Å². The molecule has 1 aromatic rings. The lowest BCUT2D eigenvalue weighted by Gasteiger charge is -2.32. The molecule has 3 atom stereocenters. The van der Waals surface area contributed by atoms with Crippen LogP contribution in [0.4, 0.5) is 0 Å². The fraction of sp³-hybridized carbons (Fsp3) is 0.650. The van der Waals surface area contributed by atoms with Crippen LogP contribution in [0.15, 0.2) is 18.2 Å². The molecule has 0 bridgehead atoms. The Morgan fingerprint density at radius 3 is 2.64 bits per heavy atom. The van der Waals surface area contributed by atoms with Crippen molar-refractivity contribution in [2.75, 3.05) is 21.3 Å². The van der Waals surface area contributed by atoms with E-state index in [4.69, 9.17) is 9.47 Å². The molecule has 1 saturated carbocycles. The SMILES string of the molecule is COc1ccc(CN(C)C(C)C(=O)NC2CCCCC2C)c(OC)c1. The van der Waals surface area contributed by atoms with Crippen LogP contribution in [-0.4, -0.2) is 44.2 Å². The van der Waals surface area contributed by atoms with Gasteiger partial charge >= 0.3 is 0 Å². The normalized spacial score (nSPS) is 21.7. The fourth-order valence-electron chi connectivity index (χ4n) is 3.42. The molecular weight excluding hydrogens is 316 g/mol. The molecule has 0 aromatic heterocycles. The number of methoxy groups -OCH3 is 2. The monoisotopic (exact) mass is 348 g/mol. The summed E-state index contributed by atoms with van der Waals surface area (Å²) in [6, 6.07) is 5.90. The molecule has 140 valence electrons. The third-order valence-corrected chi connectivity index (χ3v) is 5.39.